The highest BCUT2D eigenvalue weighted by Crippen LogP contribution is 1.93. The third-order valence-electron chi connectivity index (χ3n) is 2.39. The summed E-state index contributed by atoms with van der Waals surface area (Å²) >= 11 is 5.16. The Bertz CT molecular complexity index is 316. The van der Waals surface area contributed by atoms with Crippen LogP contribution in [-0.4, -0.2) is 41.4 Å². The van der Waals surface area contributed by atoms with E-state index in [1.807, 2.05) is 13.1 Å². The van der Waals surface area contributed by atoms with Gasteiger partial charge in [0.1, 0.15) is 5.82 Å². The molecule has 0 saturated carbocycles. The molecule has 0 saturated heterocycles. The Hall–Kier alpha value is -1.14. The van der Waals surface area contributed by atoms with Crippen molar-refractivity contribution in [3.8, 4) is 0 Å². The lowest BCUT2D eigenvalue weighted by Crippen LogP contribution is -2.36. The average molecular weight is 270 g/mol. The van der Waals surface area contributed by atoms with Crippen LogP contribution in [-0.2, 0) is 11.2 Å². The molecular weight excluding hydrogens is 248 g/mol. The van der Waals surface area contributed by atoms with Crippen LogP contribution in [0.5, 0.6) is 0 Å². The van der Waals surface area contributed by atoms with Gasteiger partial charge in [0.05, 0.1) is 0 Å². The van der Waals surface area contributed by atoms with Crippen molar-refractivity contribution < 1.29 is 4.74 Å². The molecule has 1 aromatic heterocycles. The molecule has 3 N–H and O–H groups in total. The van der Waals surface area contributed by atoms with E-state index in [1.54, 1.807) is 6.20 Å². The molecule has 0 aliphatic rings. The maximum absolute atomic E-state index is 5.24. The molecule has 5 nitrogen and oxygen atoms in total. The Labute approximate surface area is 114 Å². The fourth-order valence-corrected chi connectivity index (χ4v) is 1.68. The lowest BCUT2D eigenvalue weighted by Gasteiger charge is -2.09. The van der Waals surface area contributed by atoms with Gasteiger partial charge in [-0.15, -0.1) is 0 Å². The minimum absolute atomic E-state index is 0.714. The number of imidazole rings is 1. The minimum atomic E-state index is 0.714. The van der Waals surface area contributed by atoms with E-state index in [0.717, 1.165) is 51.4 Å². The number of thiocarbonyl (C=S) groups is 1. The molecule has 0 radical (unpaired) electrons. The molecule has 0 spiro atoms. The molecule has 0 amide bonds. The Morgan fingerprint density at radius 2 is 2.17 bits per heavy atom. The van der Waals surface area contributed by atoms with Crippen LogP contribution in [0.4, 0.5) is 0 Å². The minimum Gasteiger partial charge on any atom is -0.382 e. The van der Waals surface area contributed by atoms with Gasteiger partial charge in [-0.2, -0.15) is 0 Å². The number of ether oxygens (including phenoxy) is 1. The normalized spacial score (nSPS) is 10.3. The molecule has 6 heteroatoms. The number of aromatic amines is 1. The molecule has 0 aliphatic carbocycles. The largest absolute Gasteiger partial charge is 0.382 e. The molecule has 18 heavy (non-hydrogen) atoms. The topological polar surface area (TPSA) is 62.0 Å². The van der Waals surface area contributed by atoms with Gasteiger partial charge in [-0.05, 0) is 32.0 Å². The average Bonchev–Trinajstić information content (AvgIpc) is 2.87. The molecule has 0 atom stereocenters. The molecule has 1 heterocycles. The van der Waals surface area contributed by atoms with Gasteiger partial charge in [0.2, 0.25) is 0 Å². The zero-order chi connectivity index (χ0) is 13.1. The molecule has 1 rings (SSSR count). The van der Waals surface area contributed by atoms with Gasteiger partial charge >= 0.3 is 0 Å². The zero-order valence-corrected chi connectivity index (χ0v) is 11.7. The third-order valence-corrected chi connectivity index (χ3v) is 2.67. The van der Waals surface area contributed by atoms with Gasteiger partial charge < -0.3 is 20.4 Å². The second kappa shape index (κ2) is 9.85. The lowest BCUT2D eigenvalue weighted by atomic mass is 10.3. The molecule has 102 valence electrons. The monoisotopic (exact) mass is 270 g/mol. The van der Waals surface area contributed by atoms with E-state index in [9.17, 15) is 0 Å². The van der Waals surface area contributed by atoms with Crippen LogP contribution in [0, 0.1) is 0 Å². The van der Waals surface area contributed by atoms with Gasteiger partial charge in [-0.1, -0.05) is 0 Å². The molecule has 0 unspecified atom stereocenters. The zero-order valence-electron chi connectivity index (χ0n) is 10.9. The highest BCUT2D eigenvalue weighted by Gasteiger charge is 1.97. The first-order valence-electron chi connectivity index (χ1n) is 6.40. The van der Waals surface area contributed by atoms with Crippen molar-refractivity contribution in [2.45, 2.75) is 26.2 Å². The summed E-state index contributed by atoms with van der Waals surface area (Å²) in [6.45, 7) is 5.26. The number of hydrogen-bond acceptors (Lipinski definition) is 3. The quantitative estimate of drug-likeness (QED) is 0.465. The second-order valence-electron chi connectivity index (χ2n) is 3.87. The van der Waals surface area contributed by atoms with Crippen LogP contribution in [0.1, 0.15) is 25.6 Å². The van der Waals surface area contributed by atoms with Crippen LogP contribution in [0.15, 0.2) is 12.4 Å². The predicted molar refractivity (Wildman–Crippen MR) is 76.6 cm³/mol. The van der Waals surface area contributed by atoms with Crippen LogP contribution < -0.4 is 10.6 Å². The van der Waals surface area contributed by atoms with Crippen LogP contribution in [0.3, 0.4) is 0 Å². The Kier molecular flexibility index (Phi) is 8.16. The molecule has 0 aliphatic heterocycles. The fourth-order valence-electron chi connectivity index (χ4n) is 1.48. The first-order valence-corrected chi connectivity index (χ1v) is 6.81. The number of rotatable bonds is 9. The number of nitrogens with zero attached hydrogens (tertiary/aromatic N) is 1. The summed E-state index contributed by atoms with van der Waals surface area (Å²) in [5.74, 6) is 1.02. The van der Waals surface area contributed by atoms with E-state index in [1.165, 1.54) is 0 Å². The van der Waals surface area contributed by atoms with Gasteiger partial charge in [0.15, 0.2) is 5.11 Å². The number of H-pyrrole nitrogens is 1. The summed E-state index contributed by atoms with van der Waals surface area (Å²) in [6, 6.07) is 0. The molecular formula is C12H22N4OS. The Morgan fingerprint density at radius 1 is 1.39 bits per heavy atom. The summed E-state index contributed by atoms with van der Waals surface area (Å²) in [6.07, 6.45) is 6.53. The van der Waals surface area contributed by atoms with Crippen LogP contribution in [0.25, 0.3) is 0 Å². The Balaban J connectivity index is 1.90. The van der Waals surface area contributed by atoms with Gasteiger partial charge in [0.25, 0.3) is 0 Å². The van der Waals surface area contributed by atoms with E-state index in [4.69, 9.17) is 17.0 Å². The van der Waals surface area contributed by atoms with Crippen molar-refractivity contribution in [3.63, 3.8) is 0 Å². The first-order chi connectivity index (χ1) is 8.83. The van der Waals surface area contributed by atoms with E-state index < -0.39 is 0 Å². The third kappa shape index (κ3) is 7.24. The van der Waals surface area contributed by atoms with Crippen molar-refractivity contribution >= 4 is 17.3 Å². The number of aromatic nitrogens is 2. The van der Waals surface area contributed by atoms with E-state index in [-0.39, 0.29) is 0 Å². The van der Waals surface area contributed by atoms with Crippen molar-refractivity contribution in [2.24, 2.45) is 0 Å². The second-order valence-corrected chi connectivity index (χ2v) is 4.28. The predicted octanol–water partition coefficient (Wildman–Crippen LogP) is 1.23. The van der Waals surface area contributed by atoms with E-state index in [0.29, 0.717) is 5.11 Å². The SMILES string of the molecule is CCOCCCNC(=S)NCCCc1ncc[nH]1. The molecule has 0 fully saturated rings. The van der Waals surface area contributed by atoms with E-state index in [2.05, 4.69) is 20.6 Å². The van der Waals surface area contributed by atoms with Gasteiger partial charge in [-0.25, -0.2) is 4.98 Å². The van der Waals surface area contributed by atoms with E-state index >= 15 is 0 Å². The summed E-state index contributed by atoms with van der Waals surface area (Å²) in [5.41, 5.74) is 0. The Morgan fingerprint density at radius 3 is 2.83 bits per heavy atom. The maximum Gasteiger partial charge on any atom is 0.166 e. The highest BCUT2D eigenvalue weighted by atomic mass is 32.1. The van der Waals surface area contributed by atoms with Gasteiger partial charge in [0, 0.05) is 45.1 Å². The summed E-state index contributed by atoms with van der Waals surface area (Å²) in [4.78, 5) is 7.24. The van der Waals surface area contributed by atoms with Crippen molar-refractivity contribution in [2.75, 3.05) is 26.3 Å². The molecule has 0 bridgehead atoms. The summed E-state index contributed by atoms with van der Waals surface area (Å²) < 4.78 is 5.24. The highest BCUT2D eigenvalue weighted by molar-refractivity contribution is 7.80. The lowest BCUT2D eigenvalue weighted by molar-refractivity contribution is 0.145. The maximum atomic E-state index is 5.24. The summed E-state index contributed by atoms with van der Waals surface area (Å²) in [5, 5.41) is 7.04. The van der Waals surface area contributed by atoms with Crippen LogP contribution in [0.2, 0.25) is 0 Å². The standard InChI is InChI=1S/C12H22N4OS/c1-2-17-10-4-7-16-12(18)15-6-3-5-11-13-8-9-14-11/h8-9H,2-7,10H2,1H3,(H,13,14)(H2,15,16,18). The number of hydrogen-bond donors (Lipinski definition) is 3. The first kappa shape index (κ1) is 14.9. The molecule has 0 aromatic carbocycles. The smallest absolute Gasteiger partial charge is 0.166 e. The fraction of sp³-hybridized carbons (Fsp3) is 0.667. The van der Waals surface area contributed by atoms with Crippen molar-refractivity contribution in [1.82, 2.24) is 20.6 Å². The number of aryl methyl sites for hydroxylation is 1. The van der Waals surface area contributed by atoms with Gasteiger partial charge in [-0.3, -0.25) is 0 Å². The van der Waals surface area contributed by atoms with Crippen LogP contribution >= 0.6 is 12.2 Å². The van der Waals surface area contributed by atoms with Crippen molar-refractivity contribution in [1.29, 1.82) is 0 Å². The number of nitrogens with one attached hydrogen (secondary N) is 3. The molecule has 1 aromatic rings. The van der Waals surface area contributed by atoms with Crippen molar-refractivity contribution in [3.05, 3.63) is 18.2 Å². The summed E-state index contributed by atoms with van der Waals surface area (Å²) in [7, 11) is 0.